The number of benzene rings is 1. The van der Waals surface area contributed by atoms with Gasteiger partial charge < -0.3 is 10.6 Å². The lowest BCUT2D eigenvalue weighted by atomic mass is 10.2. The van der Waals surface area contributed by atoms with Gasteiger partial charge in [-0.1, -0.05) is 6.07 Å². The summed E-state index contributed by atoms with van der Waals surface area (Å²) in [5, 5.41) is 6.76. The highest BCUT2D eigenvalue weighted by atomic mass is 32.1. The van der Waals surface area contributed by atoms with Crippen LogP contribution < -0.4 is 10.6 Å². The second-order valence-electron chi connectivity index (χ2n) is 3.81. The maximum absolute atomic E-state index is 13.6. The van der Waals surface area contributed by atoms with E-state index in [2.05, 4.69) is 10.6 Å². The average Bonchev–Trinajstić information content (AvgIpc) is 2.86. The molecule has 1 aromatic carbocycles. The van der Waals surface area contributed by atoms with Crippen molar-refractivity contribution < 1.29 is 14.0 Å². The summed E-state index contributed by atoms with van der Waals surface area (Å²) in [7, 11) is 0. The first-order valence-corrected chi connectivity index (χ1v) is 6.36. The number of thiophene rings is 1. The largest absolute Gasteiger partial charge is 0.326 e. The minimum Gasteiger partial charge on any atom is -0.326 e. The number of nitrogens with one attached hydrogen (secondary N) is 2. The first-order chi connectivity index (χ1) is 9.06. The molecule has 6 heteroatoms. The molecule has 0 saturated heterocycles. The summed E-state index contributed by atoms with van der Waals surface area (Å²) in [4.78, 5) is 23.2. The molecule has 19 heavy (non-hydrogen) atoms. The molecule has 4 nitrogen and oxygen atoms in total. The summed E-state index contributed by atoms with van der Waals surface area (Å²) < 4.78 is 13.6. The van der Waals surface area contributed by atoms with Crippen molar-refractivity contribution in [2.24, 2.45) is 0 Å². The zero-order valence-corrected chi connectivity index (χ0v) is 10.9. The van der Waals surface area contributed by atoms with E-state index in [4.69, 9.17) is 0 Å². The van der Waals surface area contributed by atoms with Gasteiger partial charge in [0.1, 0.15) is 5.82 Å². The molecule has 2 aromatic rings. The van der Waals surface area contributed by atoms with Crippen molar-refractivity contribution in [3.63, 3.8) is 0 Å². The summed E-state index contributed by atoms with van der Waals surface area (Å²) in [6.45, 7) is 1.35. The molecule has 1 heterocycles. The van der Waals surface area contributed by atoms with Crippen LogP contribution in [0.1, 0.15) is 16.6 Å². The molecule has 0 spiro atoms. The third-order valence-corrected chi connectivity index (χ3v) is 3.15. The maximum Gasteiger partial charge on any atom is 0.265 e. The summed E-state index contributed by atoms with van der Waals surface area (Å²) in [6.07, 6.45) is 0. The van der Waals surface area contributed by atoms with Crippen LogP contribution in [0, 0.1) is 5.82 Å². The molecule has 0 atom stereocenters. The summed E-state index contributed by atoms with van der Waals surface area (Å²) in [6, 6.07) is 7.38. The lowest BCUT2D eigenvalue weighted by molar-refractivity contribution is -0.114. The minimum atomic E-state index is -0.556. The molecule has 0 saturated carbocycles. The van der Waals surface area contributed by atoms with Gasteiger partial charge in [0, 0.05) is 12.6 Å². The highest BCUT2D eigenvalue weighted by Gasteiger charge is 2.11. The minimum absolute atomic E-state index is 0.0321. The topological polar surface area (TPSA) is 58.2 Å². The second kappa shape index (κ2) is 5.62. The Balaban J connectivity index is 2.19. The summed E-state index contributed by atoms with van der Waals surface area (Å²) >= 11 is 1.27. The fourth-order valence-corrected chi connectivity index (χ4v) is 2.11. The highest BCUT2D eigenvalue weighted by molar-refractivity contribution is 7.12. The smallest absolute Gasteiger partial charge is 0.265 e. The van der Waals surface area contributed by atoms with E-state index in [1.165, 1.54) is 36.5 Å². The van der Waals surface area contributed by atoms with Crippen molar-refractivity contribution in [3.8, 4) is 0 Å². The number of rotatable bonds is 3. The van der Waals surface area contributed by atoms with Gasteiger partial charge in [-0.3, -0.25) is 9.59 Å². The number of amides is 2. The first kappa shape index (κ1) is 13.2. The van der Waals surface area contributed by atoms with E-state index in [1.54, 1.807) is 17.5 Å². The SMILES string of the molecule is CC(=O)Nc1ccc(F)c(NC(=O)c2cccs2)c1. The molecule has 0 unspecified atom stereocenters. The molecular formula is C13H11FN2O2S. The molecule has 2 N–H and O–H groups in total. The van der Waals surface area contributed by atoms with Gasteiger partial charge in [-0.25, -0.2) is 4.39 Å². The van der Waals surface area contributed by atoms with Gasteiger partial charge in [0.25, 0.3) is 5.91 Å². The van der Waals surface area contributed by atoms with Gasteiger partial charge in [-0.15, -0.1) is 11.3 Å². The van der Waals surface area contributed by atoms with Gasteiger partial charge in [0.2, 0.25) is 5.91 Å². The van der Waals surface area contributed by atoms with E-state index >= 15 is 0 Å². The zero-order valence-electron chi connectivity index (χ0n) is 10.1. The van der Waals surface area contributed by atoms with Gasteiger partial charge in [0.15, 0.2) is 0 Å². The van der Waals surface area contributed by atoms with E-state index in [-0.39, 0.29) is 17.5 Å². The maximum atomic E-state index is 13.6. The van der Waals surface area contributed by atoms with Crippen LogP contribution in [-0.4, -0.2) is 11.8 Å². The molecule has 1 aromatic heterocycles. The predicted octanol–water partition coefficient (Wildman–Crippen LogP) is 3.10. The number of anilines is 2. The Labute approximate surface area is 113 Å². The van der Waals surface area contributed by atoms with E-state index < -0.39 is 5.82 Å². The van der Waals surface area contributed by atoms with Crippen LogP contribution in [0.4, 0.5) is 15.8 Å². The predicted molar refractivity (Wildman–Crippen MR) is 73.0 cm³/mol. The van der Waals surface area contributed by atoms with Crippen molar-refractivity contribution in [1.82, 2.24) is 0 Å². The van der Waals surface area contributed by atoms with Crippen molar-refractivity contribution in [2.75, 3.05) is 10.6 Å². The van der Waals surface area contributed by atoms with E-state index in [9.17, 15) is 14.0 Å². The quantitative estimate of drug-likeness (QED) is 0.906. The molecule has 0 aliphatic carbocycles. The number of carbonyl (C=O) groups is 2. The van der Waals surface area contributed by atoms with Crippen LogP contribution in [0.15, 0.2) is 35.7 Å². The van der Waals surface area contributed by atoms with Gasteiger partial charge in [-0.05, 0) is 29.6 Å². The Morgan fingerprint density at radius 1 is 1.21 bits per heavy atom. The normalized spacial score (nSPS) is 10.0. The summed E-state index contributed by atoms with van der Waals surface area (Å²) in [5.74, 6) is -1.20. The highest BCUT2D eigenvalue weighted by Crippen LogP contribution is 2.21. The van der Waals surface area contributed by atoms with Crippen molar-refractivity contribution in [3.05, 3.63) is 46.4 Å². The zero-order chi connectivity index (χ0) is 13.8. The van der Waals surface area contributed by atoms with Crippen molar-refractivity contribution >= 4 is 34.5 Å². The third-order valence-electron chi connectivity index (χ3n) is 2.28. The van der Waals surface area contributed by atoms with E-state index in [0.29, 0.717) is 10.6 Å². The second-order valence-corrected chi connectivity index (χ2v) is 4.75. The molecule has 0 aliphatic heterocycles. The van der Waals surface area contributed by atoms with Crippen molar-refractivity contribution in [2.45, 2.75) is 6.92 Å². The van der Waals surface area contributed by atoms with Crippen LogP contribution in [0.2, 0.25) is 0 Å². The van der Waals surface area contributed by atoms with Crippen LogP contribution in [0.25, 0.3) is 0 Å². The van der Waals surface area contributed by atoms with Gasteiger partial charge in [-0.2, -0.15) is 0 Å². The first-order valence-electron chi connectivity index (χ1n) is 5.48. The molecule has 2 amide bonds. The molecule has 2 rings (SSSR count). The molecule has 98 valence electrons. The van der Waals surface area contributed by atoms with Gasteiger partial charge >= 0.3 is 0 Å². The van der Waals surface area contributed by atoms with Gasteiger partial charge in [0.05, 0.1) is 10.6 Å². The Morgan fingerprint density at radius 2 is 2.00 bits per heavy atom. The number of hydrogen-bond acceptors (Lipinski definition) is 3. The summed E-state index contributed by atoms with van der Waals surface area (Å²) in [5.41, 5.74) is 0.458. The average molecular weight is 278 g/mol. The Bertz CT molecular complexity index is 611. The number of carbonyl (C=O) groups excluding carboxylic acids is 2. The van der Waals surface area contributed by atoms with Crippen LogP contribution in [0.3, 0.4) is 0 Å². The molecule has 0 bridgehead atoms. The molecule has 0 radical (unpaired) electrons. The lowest BCUT2D eigenvalue weighted by Gasteiger charge is -2.08. The Kier molecular flexibility index (Phi) is 3.91. The fourth-order valence-electron chi connectivity index (χ4n) is 1.49. The van der Waals surface area contributed by atoms with Crippen LogP contribution >= 0.6 is 11.3 Å². The fraction of sp³-hybridized carbons (Fsp3) is 0.0769. The van der Waals surface area contributed by atoms with Crippen molar-refractivity contribution in [1.29, 1.82) is 0 Å². The Hall–Kier alpha value is -2.21. The lowest BCUT2D eigenvalue weighted by Crippen LogP contribution is -2.12. The van der Waals surface area contributed by atoms with E-state index in [0.717, 1.165) is 0 Å². The monoisotopic (exact) mass is 278 g/mol. The van der Waals surface area contributed by atoms with Crippen LogP contribution in [-0.2, 0) is 4.79 Å². The van der Waals surface area contributed by atoms with E-state index in [1.807, 2.05) is 0 Å². The Morgan fingerprint density at radius 3 is 2.63 bits per heavy atom. The number of hydrogen-bond donors (Lipinski definition) is 2. The molecule has 0 fully saturated rings. The molecule has 0 aliphatic rings. The third kappa shape index (κ3) is 3.38. The van der Waals surface area contributed by atoms with Crippen LogP contribution in [0.5, 0.6) is 0 Å². The number of halogens is 1. The standard InChI is InChI=1S/C13H11FN2O2S/c1-8(17)15-9-4-5-10(14)11(7-9)16-13(18)12-3-2-6-19-12/h2-7H,1H3,(H,15,17)(H,16,18). The molecular weight excluding hydrogens is 267 g/mol.